The first kappa shape index (κ1) is 21.2. The Labute approximate surface area is 188 Å². The lowest BCUT2D eigenvalue weighted by Gasteiger charge is -2.27. The molecule has 30 heavy (non-hydrogen) atoms. The number of hydrogen-bond donors (Lipinski definition) is 0. The van der Waals surface area contributed by atoms with Crippen molar-refractivity contribution in [1.82, 2.24) is 19.7 Å². The molecule has 2 aromatic heterocycles. The zero-order chi connectivity index (χ0) is 20.9. The Morgan fingerprint density at radius 2 is 1.97 bits per heavy atom. The summed E-state index contributed by atoms with van der Waals surface area (Å²) in [5, 5.41) is 9.53. The standard InChI is InChI=1S/C20H22ClN5O2S2/c1-24(13-16-7-8-17(21)30-16)18(27)14-29-20-23-22-19(25-9-11-28-12-10-25)26(20)15-5-3-2-4-6-15/h2-8H,9-14H2,1H3. The largest absolute Gasteiger partial charge is 0.378 e. The van der Waals surface area contributed by atoms with Crippen LogP contribution in [0.2, 0.25) is 4.34 Å². The number of aromatic nitrogens is 3. The predicted molar refractivity (Wildman–Crippen MR) is 121 cm³/mol. The van der Waals surface area contributed by atoms with Gasteiger partial charge in [-0.05, 0) is 24.3 Å². The summed E-state index contributed by atoms with van der Waals surface area (Å²) in [5.74, 6) is 1.09. The Hall–Kier alpha value is -2.07. The molecule has 3 heterocycles. The van der Waals surface area contributed by atoms with E-state index in [1.165, 1.54) is 23.1 Å². The number of carbonyl (C=O) groups is 1. The Kier molecular flexibility index (Phi) is 6.93. The predicted octanol–water partition coefficient (Wildman–Crippen LogP) is 3.57. The second kappa shape index (κ2) is 9.82. The minimum atomic E-state index is 0.0278. The molecular weight excluding hydrogens is 442 g/mol. The van der Waals surface area contributed by atoms with Gasteiger partial charge in [-0.15, -0.1) is 21.5 Å². The van der Waals surface area contributed by atoms with Gasteiger partial charge < -0.3 is 14.5 Å². The summed E-state index contributed by atoms with van der Waals surface area (Å²) >= 11 is 8.87. The fraction of sp³-hybridized carbons (Fsp3) is 0.350. The van der Waals surface area contributed by atoms with Crippen LogP contribution in [0.5, 0.6) is 0 Å². The first-order chi connectivity index (χ1) is 14.6. The Morgan fingerprint density at radius 1 is 1.20 bits per heavy atom. The van der Waals surface area contributed by atoms with Gasteiger partial charge in [0.2, 0.25) is 11.9 Å². The molecule has 3 aromatic rings. The SMILES string of the molecule is CN(Cc1ccc(Cl)s1)C(=O)CSc1nnc(N2CCOCC2)n1-c1ccccc1. The van der Waals surface area contributed by atoms with Gasteiger partial charge in [0.15, 0.2) is 5.16 Å². The van der Waals surface area contributed by atoms with Crippen LogP contribution >= 0.6 is 34.7 Å². The summed E-state index contributed by atoms with van der Waals surface area (Å²) < 4.78 is 8.21. The number of amides is 1. The van der Waals surface area contributed by atoms with E-state index in [9.17, 15) is 4.79 Å². The third-order valence-electron chi connectivity index (χ3n) is 4.70. The summed E-state index contributed by atoms with van der Waals surface area (Å²) in [6.07, 6.45) is 0. The number of morpholine rings is 1. The lowest BCUT2D eigenvalue weighted by atomic mass is 10.3. The average Bonchev–Trinajstić information content (AvgIpc) is 3.39. The van der Waals surface area contributed by atoms with Gasteiger partial charge in [0.25, 0.3) is 0 Å². The van der Waals surface area contributed by atoms with E-state index >= 15 is 0 Å². The third-order valence-corrected chi connectivity index (χ3v) is 6.83. The highest BCUT2D eigenvalue weighted by atomic mass is 35.5. The number of para-hydroxylation sites is 1. The number of halogens is 1. The van der Waals surface area contributed by atoms with Crippen molar-refractivity contribution in [2.75, 3.05) is 44.0 Å². The van der Waals surface area contributed by atoms with E-state index in [0.29, 0.717) is 24.9 Å². The van der Waals surface area contributed by atoms with Crippen LogP contribution in [0.3, 0.4) is 0 Å². The molecule has 0 bridgehead atoms. The molecule has 1 aromatic carbocycles. The Bertz CT molecular complexity index is 988. The second-order valence-electron chi connectivity index (χ2n) is 6.80. The number of ether oxygens (including phenoxy) is 1. The van der Waals surface area contributed by atoms with Crippen LogP contribution in [0.4, 0.5) is 5.95 Å². The molecule has 1 amide bonds. The van der Waals surface area contributed by atoms with Crippen molar-refractivity contribution in [2.45, 2.75) is 11.7 Å². The monoisotopic (exact) mass is 463 g/mol. The molecule has 4 rings (SSSR count). The highest BCUT2D eigenvalue weighted by Gasteiger charge is 2.22. The van der Waals surface area contributed by atoms with E-state index in [1.54, 1.807) is 11.9 Å². The van der Waals surface area contributed by atoms with Crippen molar-refractivity contribution in [1.29, 1.82) is 0 Å². The fourth-order valence-corrected chi connectivity index (χ4v) is 5.15. The van der Waals surface area contributed by atoms with Gasteiger partial charge in [-0.1, -0.05) is 41.6 Å². The molecule has 0 saturated carbocycles. The molecule has 1 aliphatic rings. The number of thiophene rings is 1. The zero-order valence-corrected chi connectivity index (χ0v) is 18.9. The van der Waals surface area contributed by atoms with Crippen LogP contribution in [0.1, 0.15) is 4.88 Å². The molecule has 1 aliphatic heterocycles. The van der Waals surface area contributed by atoms with Crippen molar-refractivity contribution in [2.24, 2.45) is 0 Å². The molecule has 1 saturated heterocycles. The molecule has 0 unspecified atom stereocenters. The summed E-state index contributed by atoms with van der Waals surface area (Å²) in [7, 11) is 1.80. The van der Waals surface area contributed by atoms with Gasteiger partial charge in [0.05, 0.1) is 35.5 Å². The maximum absolute atomic E-state index is 12.7. The minimum Gasteiger partial charge on any atom is -0.378 e. The molecule has 0 aliphatic carbocycles. The molecular formula is C20H22ClN5O2S2. The summed E-state index contributed by atoms with van der Waals surface area (Å²) in [6.45, 7) is 3.41. The molecule has 10 heteroatoms. The van der Waals surface area contributed by atoms with Crippen LogP contribution in [0.15, 0.2) is 47.6 Å². The summed E-state index contributed by atoms with van der Waals surface area (Å²) in [4.78, 5) is 17.6. The normalized spacial score (nSPS) is 14.1. The third kappa shape index (κ3) is 4.97. The number of rotatable bonds is 7. The lowest BCUT2D eigenvalue weighted by Crippen LogP contribution is -2.37. The Morgan fingerprint density at radius 3 is 2.67 bits per heavy atom. The first-order valence-corrected chi connectivity index (χ1v) is 11.7. The number of anilines is 1. The van der Waals surface area contributed by atoms with E-state index < -0.39 is 0 Å². The number of hydrogen-bond acceptors (Lipinski definition) is 7. The fourth-order valence-electron chi connectivity index (χ4n) is 3.12. The smallest absolute Gasteiger partial charge is 0.233 e. The molecule has 0 atom stereocenters. The van der Waals surface area contributed by atoms with Crippen molar-refractivity contribution in [3.63, 3.8) is 0 Å². The van der Waals surface area contributed by atoms with E-state index in [-0.39, 0.29) is 11.7 Å². The molecule has 158 valence electrons. The average molecular weight is 464 g/mol. The van der Waals surface area contributed by atoms with Gasteiger partial charge in [-0.25, -0.2) is 0 Å². The lowest BCUT2D eigenvalue weighted by molar-refractivity contribution is -0.127. The van der Waals surface area contributed by atoms with Crippen molar-refractivity contribution in [3.8, 4) is 5.69 Å². The van der Waals surface area contributed by atoms with Gasteiger partial charge in [0, 0.05) is 25.0 Å². The van der Waals surface area contributed by atoms with E-state index in [2.05, 4.69) is 15.1 Å². The zero-order valence-electron chi connectivity index (χ0n) is 16.5. The number of benzene rings is 1. The molecule has 0 spiro atoms. The minimum absolute atomic E-state index is 0.0278. The van der Waals surface area contributed by atoms with E-state index in [4.69, 9.17) is 16.3 Å². The molecule has 0 N–H and O–H groups in total. The van der Waals surface area contributed by atoms with Crippen LogP contribution in [0.25, 0.3) is 5.69 Å². The van der Waals surface area contributed by atoms with Gasteiger partial charge >= 0.3 is 0 Å². The maximum Gasteiger partial charge on any atom is 0.233 e. The maximum atomic E-state index is 12.7. The Balaban J connectivity index is 1.49. The molecule has 0 radical (unpaired) electrons. The number of nitrogens with zero attached hydrogens (tertiary/aromatic N) is 5. The summed E-state index contributed by atoms with van der Waals surface area (Å²) in [5.41, 5.74) is 0.973. The van der Waals surface area contributed by atoms with Crippen molar-refractivity contribution >= 4 is 46.6 Å². The highest BCUT2D eigenvalue weighted by molar-refractivity contribution is 7.99. The van der Waals surface area contributed by atoms with Gasteiger partial charge in [0.1, 0.15) is 0 Å². The van der Waals surface area contributed by atoms with Crippen molar-refractivity contribution < 1.29 is 9.53 Å². The molecule has 7 nitrogen and oxygen atoms in total. The highest BCUT2D eigenvalue weighted by Crippen LogP contribution is 2.28. The summed E-state index contributed by atoms with van der Waals surface area (Å²) in [6, 6.07) is 13.8. The van der Waals surface area contributed by atoms with E-state index in [1.807, 2.05) is 47.0 Å². The van der Waals surface area contributed by atoms with Gasteiger partial charge in [-0.2, -0.15) is 0 Å². The van der Waals surface area contributed by atoms with Crippen molar-refractivity contribution in [3.05, 3.63) is 51.7 Å². The number of carbonyl (C=O) groups excluding carboxylic acids is 1. The van der Waals surface area contributed by atoms with Crippen LogP contribution < -0.4 is 4.90 Å². The van der Waals surface area contributed by atoms with Crippen LogP contribution in [0, 0.1) is 0 Å². The van der Waals surface area contributed by atoms with Gasteiger partial charge in [-0.3, -0.25) is 9.36 Å². The van der Waals surface area contributed by atoms with Crippen LogP contribution in [-0.2, 0) is 16.1 Å². The quantitative estimate of drug-likeness (QED) is 0.499. The number of thioether (sulfide) groups is 1. The topological polar surface area (TPSA) is 63.5 Å². The first-order valence-electron chi connectivity index (χ1n) is 9.56. The molecule has 1 fully saturated rings. The van der Waals surface area contributed by atoms with E-state index in [0.717, 1.165) is 33.9 Å². The second-order valence-corrected chi connectivity index (χ2v) is 9.54. The van der Waals surface area contributed by atoms with Crippen LogP contribution in [-0.4, -0.2) is 64.7 Å².